The number of carbonyl (C=O) groups excluding carboxylic acids is 4. The Morgan fingerprint density at radius 1 is 0.848 bits per heavy atom. The van der Waals surface area contributed by atoms with Gasteiger partial charge in [-0.05, 0) is 61.4 Å². The molecule has 3 aromatic rings. The smallest absolute Gasteiger partial charge is 0.411 e. The molecule has 2 fully saturated rings. The van der Waals surface area contributed by atoms with E-state index in [9.17, 15) is 23.6 Å². The molecule has 46 heavy (non-hydrogen) atoms. The molecule has 2 heterocycles. The molecular weight excluding hydrogens is 591 g/mol. The van der Waals surface area contributed by atoms with Crippen molar-refractivity contribution in [1.29, 1.82) is 0 Å². The van der Waals surface area contributed by atoms with E-state index in [0.29, 0.717) is 50.9 Å². The van der Waals surface area contributed by atoms with Crippen LogP contribution in [0.3, 0.4) is 0 Å². The SMILES string of the molecule is O=Cc1ccc(NC(=O)OCC2CCN(C(=O)CCN3CCC(OC(=O)Nc4ccccc4-c4ccccc4)CC3)CC2)cc1F. The molecule has 2 saturated heterocycles. The Morgan fingerprint density at radius 3 is 2.28 bits per heavy atom. The first-order chi connectivity index (χ1) is 22.4. The maximum Gasteiger partial charge on any atom is 0.411 e. The third-order valence-corrected chi connectivity index (χ3v) is 8.49. The molecule has 0 saturated carbocycles. The number of hydrogen-bond acceptors (Lipinski definition) is 7. The van der Waals surface area contributed by atoms with Crippen molar-refractivity contribution in [1.82, 2.24) is 9.80 Å². The Balaban J connectivity index is 0.955. The van der Waals surface area contributed by atoms with Crippen LogP contribution >= 0.6 is 0 Å². The van der Waals surface area contributed by atoms with Crippen LogP contribution in [0.15, 0.2) is 72.8 Å². The van der Waals surface area contributed by atoms with Crippen LogP contribution in [0.4, 0.5) is 25.4 Å². The summed E-state index contributed by atoms with van der Waals surface area (Å²) < 4.78 is 24.8. The molecule has 0 bridgehead atoms. The highest BCUT2D eigenvalue weighted by molar-refractivity contribution is 5.91. The molecule has 0 aromatic heterocycles. The summed E-state index contributed by atoms with van der Waals surface area (Å²) in [4.78, 5) is 52.5. The van der Waals surface area contributed by atoms with E-state index in [1.54, 1.807) is 0 Å². The minimum Gasteiger partial charge on any atom is -0.449 e. The van der Waals surface area contributed by atoms with Gasteiger partial charge in [-0.3, -0.25) is 20.2 Å². The molecule has 0 spiro atoms. The standard InChI is InChI=1S/C35H39FN4O6/c36-31-22-28(11-10-27(31)23-41)37-34(43)45-24-25-12-20-40(21-13-25)33(42)16-19-39-17-14-29(15-18-39)46-35(44)38-32-9-5-4-8-30(32)26-6-2-1-3-7-26/h1-11,22-23,25,29H,12-21,24H2,(H,37,43)(H,38,44). The molecule has 10 nitrogen and oxygen atoms in total. The van der Waals surface area contributed by atoms with Crippen molar-refractivity contribution < 1.29 is 33.0 Å². The maximum absolute atomic E-state index is 13.7. The molecule has 11 heteroatoms. The number of nitrogens with zero attached hydrogens (tertiary/aromatic N) is 2. The summed E-state index contributed by atoms with van der Waals surface area (Å²) in [5.74, 6) is -0.482. The van der Waals surface area contributed by atoms with Crippen LogP contribution in [0.1, 0.15) is 42.5 Å². The quantitative estimate of drug-likeness (QED) is 0.256. The van der Waals surface area contributed by atoms with Gasteiger partial charge in [-0.15, -0.1) is 0 Å². The Morgan fingerprint density at radius 2 is 1.57 bits per heavy atom. The normalized spacial score (nSPS) is 16.0. The van der Waals surface area contributed by atoms with Gasteiger partial charge in [0.15, 0.2) is 6.29 Å². The van der Waals surface area contributed by atoms with Crippen molar-refractivity contribution in [2.24, 2.45) is 5.92 Å². The predicted octanol–water partition coefficient (Wildman–Crippen LogP) is 6.20. The Hall–Kier alpha value is -4.77. The first-order valence-corrected chi connectivity index (χ1v) is 15.7. The van der Waals surface area contributed by atoms with Crippen LogP contribution in [-0.4, -0.2) is 79.6 Å². The number of piperidine rings is 2. The second kappa shape index (κ2) is 16.0. The molecule has 2 aliphatic rings. The molecule has 0 radical (unpaired) electrons. The van der Waals surface area contributed by atoms with Gasteiger partial charge in [0.05, 0.1) is 17.9 Å². The van der Waals surface area contributed by atoms with Gasteiger partial charge >= 0.3 is 12.2 Å². The molecule has 5 rings (SSSR count). The largest absolute Gasteiger partial charge is 0.449 e. The number of nitrogens with one attached hydrogen (secondary N) is 2. The third kappa shape index (κ3) is 9.13. The Bertz CT molecular complexity index is 1500. The molecule has 0 unspecified atom stereocenters. The van der Waals surface area contributed by atoms with Crippen LogP contribution in [0, 0.1) is 11.7 Å². The average Bonchev–Trinajstić information content (AvgIpc) is 3.08. The minimum absolute atomic E-state index is 0.0851. The highest BCUT2D eigenvalue weighted by Gasteiger charge is 2.26. The van der Waals surface area contributed by atoms with E-state index in [0.717, 1.165) is 43.1 Å². The number of hydrogen-bond donors (Lipinski definition) is 2. The van der Waals surface area contributed by atoms with E-state index in [2.05, 4.69) is 15.5 Å². The summed E-state index contributed by atoms with van der Waals surface area (Å²) in [5.41, 5.74) is 2.77. The van der Waals surface area contributed by atoms with Gasteiger partial charge < -0.3 is 19.3 Å². The fraction of sp³-hybridized carbons (Fsp3) is 0.371. The second-order valence-corrected chi connectivity index (χ2v) is 11.6. The Labute approximate surface area is 267 Å². The van der Waals surface area contributed by atoms with E-state index in [1.807, 2.05) is 59.5 Å². The van der Waals surface area contributed by atoms with Crippen LogP contribution in [-0.2, 0) is 14.3 Å². The number of aldehydes is 1. The highest BCUT2D eigenvalue weighted by atomic mass is 19.1. The van der Waals surface area contributed by atoms with Gasteiger partial charge in [-0.1, -0.05) is 48.5 Å². The van der Waals surface area contributed by atoms with Crippen LogP contribution in [0.5, 0.6) is 0 Å². The second-order valence-electron chi connectivity index (χ2n) is 11.6. The van der Waals surface area contributed by atoms with Gasteiger partial charge in [0, 0.05) is 50.4 Å². The number of benzene rings is 3. The van der Waals surface area contributed by atoms with E-state index < -0.39 is 18.0 Å². The maximum atomic E-state index is 13.7. The lowest BCUT2D eigenvalue weighted by Crippen LogP contribution is -2.43. The van der Waals surface area contributed by atoms with Crippen molar-refractivity contribution in [3.8, 4) is 11.1 Å². The van der Waals surface area contributed by atoms with Gasteiger partial charge in [-0.2, -0.15) is 0 Å². The van der Waals surface area contributed by atoms with Crippen molar-refractivity contribution in [3.63, 3.8) is 0 Å². The molecule has 3 amide bonds. The van der Waals surface area contributed by atoms with E-state index in [4.69, 9.17) is 9.47 Å². The number of ether oxygens (including phenoxy) is 2. The lowest BCUT2D eigenvalue weighted by molar-refractivity contribution is -0.133. The van der Waals surface area contributed by atoms with E-state index in [1.165, 1.54) is 12.1 Å². The number of para-hydroxylation sites is 1. The molecule has 242 valence electrons. The van der Waals surface area contributed by atoms with Gasteiger partial charge in [0.1, 0.15) is 11.9 Å². The zero-order chi connectivity index (χ0) is 32.3. The topological polar surface area (TPSA) is 117 Å². The van der Waals surface area contributed by atoms with Crippen LogP contribution < -0.4 is 10.6 Å². The summed E-state index contributed by atoms with van der Waals surface area (Å²) in [7, 11) is 0. The lowest BCUT2D eigenvalue weighted by atomic mass is 9.97. The molecule has 2 N–H and O–H groups in total. The number of rotatable bonds is 10. The summed E-state index contributed by atoms with van der Waals surface area (Å²) in [6, 6.07) is 21.3. The summed E-state index contributed by atoms with van der Waals surface area (Å²) >= 11 is 0. The molecule has 0 aliphatic carbocycles. The average molecular weight is 631 g/mol. The van der Waals surface area contributed by atoms with E-state index >= 15 is 0 Å². The Kier molecular flexibility index (Phi) is 11.3. The van der Waals surface area contributed by atoms with E-state index in [-0.39, 0.29) is 35.8 Å². The van der Waals surface area contributed by atoms with Gasteiger partial charge in [0.2, 0.25) is 5.91 Å². The predicted molar refractivity (Wildman–Crippen MR) is 172 cm³/mol. The number of halogens is 1. The zero-order valence-corrected chi connectivity index (χ0v) is 25.7. The monoisotopic (exact) mass is 630 g/mol. The van der Waals surface area contributed by atoms with Crippen molar-refractivity contribution in [2.75, 3.05) is 50.0 Å². The number of carbonyl (C=O) groups is 4. The molecule has 0 atom stereocenters. The number of anilines is 2. The summed E-state index contributed by atoms with van der Waals surface area (Å²) in [6.45, 7) is 3.57. The highest BCUT2D eigenvalue weighted by Crippen LogP contribution is 2.28. The van der Waals surface area contributed by atoms with Crippen molar-refractivity contribution >= 4 is 35.8 Å². The minimum atomic E-state index is -0.718. The summed E-state index contributed by atoms with van der Waals surface area (Å²) in [5, 5.41) is 5.36. The van der Waals surface area contributed by atoms with Crippen molar-refractivity contribution in [2.45, 2.75) is 38.2 Å². The summed E-state index contributed by atoms with van der Waals surface area (Å²) in [6.07, 6.45) is 2.36. The molecule has 2 aliphatic heterocycles. The van der Waals surface area contributed by atoms with Gasteiger partial charge in [0.25, 0.3) is 0 Å². The van der Waals surface area contributed by atoms with Crippen LogP contribution in [0.25, 0.3) is 11.1 Å². The molecular formula is C35H39FN4O6. The zero-order valence-electron chi connectivity index (χ0n) is 25.7. The third-order valence-electron chi connectivity index (χ3n) is 8.49. The number of likely N-dealkylation sites (tertiary alicyclic amines) is 2. The van der Waals surface area contributed by atoms with Crippen molar-refractivity contribution in [3.05, 3.63) is 84.2 Å². The first-order valence-electron chi connectivity index (χ1n) is 15.7. The lowest BCUT2D eigenvalue weighted by Gasteiger charge is -2.34. The fourth-order valence-electron chi connectivity index (χ4n) is 5.81. The van der Waals surface area contributed by atoms with Gasteiger partial charge in [-0.25, -0.2) is 14.0 Å². The number of amides is 3. The molecule has 3 aromatic carbocycles. The van der Waals surface area contributed by atoms with Crippen LogP contribution in [0.2, 0.25) is 0 Å². The first kappa shape index (κ1) is 32.6. The fourth-order valence-corrected chi connectivity index (χ4v) is 5.81.